The quantitative estimate of drug-likeness (QED) is 0.645. The Balaban J connectivity index is 2.82. The summed E-state index contributed by atoms with van der Waals surface area (Å²) in [5.74, 6) is 1.66. The summed E-state index contributed by atoms with van der Waals surface area (Å²) in [5, 5.41) is 0. The first kappa shape index (κ1) is 10.2. The van der Waals surface area contributed by atoms with E-state index in [1.807, 2.05) is 7.05 Å². The third kappa shape index (κ3) is 2.29. The molecule has 3 nitrogen and oxygen atoms in total. The molecule has 0 saturated heterocycles. The summed E-state index contributed by atoms with van der Waals surface area (Å²) in [6, 6.07) is -0.0893. The van der Waals surface area contributed by atoms with Gasteiger partial charge in [0.05, 0.1) is 0 Å². The molecule has 0 aliphatic carbocycles. The molecule has 0 bridgehead atoms. The van der Waals surface area contributed by atoms with E-state index in [2.05, 4.69) is 23.7 Å². The van der Waals surface area contributed by atoms with Crippen molar-refractivity contribution in [1.29, 1.82) is 0 Å². The molecule has 1 rings (SSSR count). The summed E-state index contributed by atoms with van der Waals surface area (Å²) in [7, 11) is 2.04. The minimum Gasteiger partial charge on any atom is -0.363 e. The molecule has 74 valence electrons. The third-order valence-corrected chi connectivity index (χ3v) is 2.40. The molecule has 0 aromatic rings. The van der Waals surface area contributed by atoms with Crippen molar-refractivity contribution in [3.8, 4) is 0 Å². The Kier molecular flexibility index (Phi) is 3.07. The van der Waals surface area contributed by atoms with Crippen LogP contribution in [0.3, 0.4) is 0 Å². The van der Waals surface area contributed by atoms with Crippen molar-refractivity contribution in [2.75, 3.05) is 13.6 Å². The second kappa shape index (κ2) is 3.90. The zero-order valence-electron chi connectivity index (χ0n) is 8.87. The molecule has 0 aromatic carbocycles. The molecule has 0 fully saturated rings. The molecule has 1 aliphatic rings. The topological polar surface area (TPSA) is 32.7 Å². The lowest BCUT2D eigenvalue weighted by atomic mass is 10.1. The number of Topliss-reactive ketones (excluding diaryl/α,β-unsaturated/α-hetero) is 1. The summed E-state index contributed by atoms with van der Waals surface area (Å²) in [6.45, 7) is 6.79. The number of ketones is 1. The maximum absolute atomic E-state index is 11.1. The monoisotopic (exact) mass is 182 g/mol. The van der Waals surface area contributed by atoms with Gasteiger partial charge in [0.2, 0.25) is 0 Å². The van der Waals surface area contributed by atoms with Gasteiger partial charge in [0.25, 0.3) is 0 Å². The Morgan fingerprint density at radius 1 is 1.62 bits per heavy atom. The van der Waals surface area contributed by atoms with E-state index < -0.39 is 0 Å². The fourth-order valence-corrected chi connectivity index (χ4v) is 1.64. The van der Waals surface area contributed by atoms with Crippen LogP contribution in [0.15, 0.2) is 4.99 Å². The van der Waals surface area contributed by atoms with Crippen LogP contribution in [0, 0.1) is 5.92 Å². The van der Waals surface area contributed by atoms with Crippen molar-refractivity contribution in [2.45, 2.75) is 33.2 Å². The van der Waals surface area contributed by atoms with Gasteiger partial charge in [0.1, 0.15) is 11.9 Å². The van der Waals surface area contributed by atoms with Gasteiger partial charge in [0.15, 0.2) is 5.78 Å². The van der Waals surface area contributed by atoms with Crippen LogP contribution in [0.2, 0.25) is 0 Å². The van der Waals surface area contributed by atoms with Crippen molar-refractivity contribution in [2.24, 2.45) is 10.9 Å². The Labute approximate surface area is 79.8 Å². The number of hydrogen-bond donors (Lipinski definition) is 0. The number of carbonyl (C=O) groups excluding carboxylic acids is 1. The summed E-state index contributed by atoms with van der Waals surface area (Å²) in [4.78, 5) is 17.7. The van der Waals surface area contributed by atoms with Crippen LogP contribution in [-0.2, 0) is 4.79 Å². The van der Waals surface area contributed by atoms with Gasteiger partial charge < -0.3 is 4.90 Å². The smallest absolute Gasteiger partial charge is 0.154 e. The van der Waals surface area contributed by atoms with Gasteiger partial charge in [-0.3, -0.25) is 9.79 Å². The fourth-order valence-electron chi connectivity index (χ4n) is 1.64. The predicted octanol–water partition coefficient (Wildman–Crippen LogP) is 1.33. The first-order valence-corrected chi connectivity index (χ1v) is 4.81. The van der Waals surface area contributed by atoms with Gasteiger partial charge >= 0.3 is 0 Å². The summed E-state index contributed by atoms with van der Waals surface area (Å²) < 4.78 is 0. The number of nitrogens with zero attached hydrogens (tertiary/aromatic N) is 2. The van der Waals surface area contributed by atoms with E-state index in [-0.39, 0.29) is 11.8 Å². The van der Waals surface area contributed by atoms with Gasteiger partial charge in [0, 0.05) is 19.5 Å². The maximum Gasteiger partial charge on any atom is 0.154 e. The number of rotatable bonds is 2. The Hall–Kier alpha value is -0.860. The van der Waals surface area contributed by atoms with E-state index >= 15 is 0 Å². The minimum absolute atomic E-state index is 0.0893. The van der Waals surface area contributed by atoms with E-state index in [0.717, 1.165) is 18.8 Å². The van der Waals surface area contributed by atoms with Crippen molar-refractivity contribution in [1.82, 2.24) is 4.90 Å². The van der Waals surface area contributed by atoms with Gasteiger partial charge in [-0.2, -0.15) is 0 Å². The molecular weight excluding hydrogens is 164 g/mol. The maximum atomic E-state index is 11.1. The predicted molar refractivity (Wildman–Crippen MR) is 54.0 cm³/mol. The third-order valence-electron chi connectivity index (χ3n) is 2.40. The van der Waals surface area contributed by atoms with E-state index in [0.29, 0.717) is 5.92 Å². The van der Waals surface area contributed by atoms with Crippen LogP contribution >= 0.6 is 0 Å². The second-order valence-corrected chi connectivity index (χ2v) is 3.98. The van der Waals surface area contributed by atoms with Crippen LogP contribution in [0.4, 0.5) is 0 Å². The van der Waals surface area contributed by atoms with E-state index in [9.17, 15) is 4.79 Å². The Morgan fingerprint density at radius 2 is 2.23 bits per heavy atom. The standard InChI is InChI=1S/C10H18N2O/c1-7(2)10-11-9(8(3)13)5-6-12(10)4/h7,9H,5-6H2,1-4H3/t9-/m1/s1. The number of hydrogen-bond acceptors (Lipinski definition) is 3. The molecular formula is C10H18N2O. The molecule has 0 radical (unpaired) electrons. The number of carbonyl (C=O) groups is 1. The van der Waals surface area contributed by atoms with Gasteiger partial charge in [-0.1, -0.05) is 13.8 Å². The normalized spacial score (nSPS) is 23.3. The summed E-state index contributed by atoms with van der Waals surface area (Å²) in [5.41, 5.74) is 0. The summed E-state index contributed by atoms with van der Waals surface area (Å²) >= 11 is 0. The Morgan fingerprint density at radius 3 is 2.69 bits per heavy atom. The van der Waals surface area contributed by atoms with E-state index in [1.165, 1.54) is 0 Å². The molecule has 1 aliphatic heterocycles. The molecule has 1 atom stereocenters. The van der Waals surface area contributed by atoms with E-state index in [1.54, 1.807) is 6.92 Å². The highest BCUT2D eigenvalue weighted by molar-refractivity contribution is 5.90. The van der Waals surface area contributed by atoms with Crippen LogP contribution in [0.25, 0.3) is 0 Å². The number of aliphatic imine (C=N–C) groups is 1. The van der Waals surface area contributed by atoms with Gasteiger partial charge in [-0.05, 0) is 13.3 Å². The molecule has 3 heteroatoms. The SMILES string of the molecule is CC(=O)[C@H]1CCN(C)C(C(C)C)=N1. The highest BCUT2D eigenvalue weighted by Gasteiger charge is 2.23. The first-order chi connectivity index (χ1) is 6.02. The van der Waals surface area contributed by atoms with Crippen LogP contribution in [-0.4, -0.2) is 36.2 Å². The largest absolute Gasteiger partial charge is 0.363 e. The molecule has 13 heavy (non-hydrogen) atoms. The number of amidine groups is 1. The Bertz CT molecular complexity index is 233. The van der Waals surface area contributed by atoms with Gasteiger partial charge in [-0.15, -0.1) is 0 Å². The van der Waals surface area contributed by atoms with Gasteiger partial charge in [-0.25, -0.2) is 0 Å². The lowest BCUT2D eigenvalue weighted by Crippen LogP contribution is -2.40. The van der Waals surface area contributed by atoms with Crippen molar-refractivity contribution in [3.63, 3.8) is 0 Å². The summed E-state index contributed by atoms with van der Waals surface area (Å²) in [6.07, 6.45) is 0.863. The van der Waals surface area contributed by atoms with Crippen molar-refractivity contribution < 1.29 is 4.79 Å². The first-order valence-electron chi connectivity index (χ1n) is 4.81. The van der Waals surface area contributed by atoms with Crippen molar-refractivity contribution >= 4 is 11.6 Å². The highest BCUT2D eigenvalue weighted by Crippen LogP contribution is 2.14. The van der Waals surface area contributed by atoms with E-state index in [4.69, 9.17) is 0 Å². The molecule has 0 spiro atoms. The lowest BCUT2D eigenvalue weighted by Gasteiger charge is -2.30. The minimum atomic E-state index is -0.0893. The average Bonchev–Trinajstić information content (AvgIpc) is 2.04. The molecule has 0 unspecified atom stereocenters. The molecule has 0 aromatic heterocycles. The van der Waals surface area contributed by atoms with Crippen LogP contribution in [0.5, 0.6) is 0 Å². The second-order valence-electron chi connectivity index (χ2n) is 3.98. The zero-order valence-corrected chi connectivity index (χ0v) is 8.87. The van der Waals surface area contributed by atoms with Crippen LogP contribution in [0.1, 0.15) is 27.2 Å². The fraction of sp³-hybridized carbons (Fsp3) is 0.800. The van der Waals surface area contributed by atoms with Crippen LogP contribution < -0.4 is 0 Å². The zero-order chi connectivity index (χ0) is 10.0. The average molecular weight is 182 g/mol. The lowest BCUT2D eigenvalue weighted by molar-refractivity contribution is -0.118. The molecule has 0 saturated carbocycles. The highest BCUT2D eigenvalue weighted by atomic mass is 16.1. The van der Waals surface area contributed by atoms with Crippen molar-refractivity contribution in [3.05, 3.63) is 0 Å². The molecule has 0 N–H and O–H groups in total. The molecule has 1 heterocycles. The molecule has 0 amide bonds.